The van der Waals surface area contributed by atoms with Gasteiger partial charge in [0, 0.05) is 29.7 Å². The van der Waals surface area contributed by atoms with Crippen LogP contribution >= 0.6 is 0 Å². The predicted molar refractivity (Wildman–Crippen MR) is 132 cm³/mol. The van der Waals surface area contributed by atoms with E-state index in [1.54, 1.807) is 23.5 Å². The number of furan rings is 2. The summed E-state index contributed by atoms with van der Waals surface area (Å²) in [7, 11) is 0. The number of anilines is 2. The fourth-order valence-electron chi connectivity index (χ4n) is 5.75. The van der Waals surface area contributed by atoms with E-state index in [2.05, 4.69) is 10.6 Å². The van der Waals surface area contributed by atoms with Crippen molar-refractivity contribution in [2.75, 3.05) is 10.2 Å². The van der Waals surface area contributed by atoms with Crippen LogP contribution in [0.5, 0.6) is 0 Å². The Balaban J connectivity index is 1.46. The summed E-state index contributed by atoms with van der Waals surface area (Å²) in [6.45, 7) is 0. The number of urea groups is 1. The van der Waals surface area contributed by atoms with Gasteiger partial charge in [-0.25, -0.2) is 4.79 Å². The molecule has 1 fully saturated rings. The normalized spacial score (nSPS) is 22.7. The number of rotatable bonds is 3. The van der Waals surface area contributed by atoms with Crippen molar-refractivity contribution in [3.8, 4) is 0 Å². The average Bonchev–Trinajstić information content (AvgIpc) is 3.57. The Morgan fingerprint density at radius 3 is 2.40 bits per heavy atom. The van der Waals surface area contributed by atoms with Crippen molar-refractivity contribution in [1.82, 2.24) is 5.32 Å². The van der Waals surface area contributed by atoms with Crippen LogP contribution in [-0.4, -0.2) is 17.9 Å². The van der Waals surface area contributed by atoms with E-state index in [4.69, 9.17) is 8.83 Å². The number of ketones is 1. The van der Waals surface area contributed by atoms with E-state index in [1.165, 1.54) is 6.42 Å². The summed E-state index contributed by atoms with van der Waals surface area (Å²) in [4.78, 5) is 29.4. The number of amides is 2. The first-order chi connectivity index (χ1) is 17.2. The molecule has 2 aromatic heterocycles. The van der Waals surface area contributed by atoms with Crippen molar-refractivity contribution >= 4 is 23.2 Å². The minimum Gasteiger partial charge on any atom is -0.469 e. The minimum atomic E-state index is -0.662. The van der Waals surface area contributed by atoms with Gasteiger partial charge in [-0.2, -0.15) is 0 Å². The molecule has 0 saturated heterocycles. The van der Waals surface area contributed by atoms with Crippen LogP contribution in [0.15, 0.2) is 81.2 Å². The number of allylic oxidation sites excluding steroid dienone is 1. The number of Topliss-reactive ketones (excluding diaryl/α,β-unsaturated/α-hetero) is 1. The summed E-state index contributed by atoms with van der Waals surface area (Å²) in [6.07, 6.45) is 9.56. The van der Waals surface area contributed by atoms with E-state index in [-0.39, 0.29) is 23.8 Å². The third-order valence-corrected chi connectivity index (χ3v) is 7.40. The predicted octanol–water partition coefficient (Wildman–Crippen LogP) is 6.29. The first kappa shape index (κ1) is 21.8. The van der Waals surface area contributed by atoms with E-state index in [0.717, 1.165) is 48.5 Å². The molecule has 7 nitrogen and oxygen atoms in total. The number of nitrogens with zero attached hydrogens (tertiary/aromatic N) is 1. The number of hydrogen-bond donors (Lipinski definition) is 2. The van der Waals surface area contributed by atoms with E-state index in [0.29, 0.717) is 24.2 Å². The third kappa shape index (κ3) is 4.05. The Bertz CT molecular complexity index is 1240. The highest BCUT2D eigenvalue weighted by Crippen LogP contribution is 2.47. The SMILES string of the molecule is O=C1C[C@H](c2ccco2)CC2=C1[C@H](c1ccco1)N(C(=O)NC1CCCCC1)c1ccccc1N2. The molecule has 1 aromatic carbocycles. The molecule has 2 amide bonds. The molecule has 0 bridgehead atoms. The van der Waals surface area contributed by atoms with Gasteiger partial charge in [0.15, 0.2) is 5.78 Å². The van der Waals surface area contributed by atoms with Crippen LogP contribution < -0.4 is 15.5 Å². The van der Waals surface area contributed by atoms with Crippen LogP contribution in [0, 0.1) is 0 Å². The zero-order chi connectivity index (χ0) is 23.8. The molecule has 0 spiro atoms. The van der Waals surface area contributed by atoms with Crippen LogP contribution in [0.3, 0.4) is 0 Å². The van der Waals surface area contributed by atoms with E-state index >= 15 is 0 Å². The lowest BCUT2D eigenvalue weighted by molar-refractivity contribution is -0.116. The highest BCUT2D eigenvalue weighted by atomic mass is 16.3. The van der Waals surface area contributed by atoms with Gasteiger partial charge in [0.05, 0.1) is 23.9 Å². The van der Waals surface area contributed by atoms with Gasteiger partial charge in [0.2, 0.25) is 0 Å². The lowest BCUT2D eigenvalue weighted by atomic mass is 9.81. The minimum absolute atomic E-state index is 0.00942. The number of nitrogens with one attached hydrogen (secondary N) is 2. The molecule has 180 valence electrons. The Kier molecular flexibility index (Phi) is 5.68. The number of carbonyl (C=O) groups excluding carboxylic acids is 2. The summed E-state index contributed by atoms with van der Waals surface area (Å²) in [5, 5.41) is 6.78. The Labute approximate surface area is 204 Å². The first-order valence-corrected chi connectivity index (χ1v) is 12.5. The molecule has 3 aliphatic rings. The molecule has 2 atom stereocenters. The van der Waals surface area contributed by atoms with Crippen molar-refractivity contribution < 1.29 is 18.4 Å². The Hall–Kier alpha value is -3.74. The second kappa shape index (κ2) is 9.13. The molecular weight excluding hydrogens is 442 g/mol. The molecule has 1 saturated carbocycles. The van der Waals surface area contributed by atoms with Crippen molar-refractivity contribution in [2.45, 2.75) is 62.9 Å². The molecular formula is C28H29N3O4. The van der Waals surface area contributed by atoms with Crippen molar-refractivity contribution in [2.24, 2.45) is 0 Å². The van der Waals surface area contributed by atoms with Gasteiger partial charge >= 0.3 is 6.03 Å². The number of benzene rings is 1. The Morgan fingerprint density at radius 1 is 0.914 bits per heavy atom. The number of para-hydroxylation sites is 2. The van der Waals surface area contributed by atoms with Crippen LogP contribution in [0.4, 0.5) is 16.2 Å². The molecule has 2 aliphatic carbocycles. The lowest BCUT2D eigenvalue weighted by Crippen LogP contribution is -2.48. The van der Waals surface area contributed by atoms with Gasteiger partial charge < -0.3 is 19.5 Å². The standard InChI is InChI=1S/C28H29N3O4/c32-23-17-18(24-12-6-14-34-24)16-21-26(23)27(25-13-7-15-35-25)31(22-11-5-4-10-20(22)30-21)28(33)29-19-8-2-1-3-9-19/h4-7,10-15,18-19,27,30H,1-3,8-9,16-17H2,(H,29,33)/t18-,27+/m1/s1. The number of fused-ring (bicyclic) bond motifs is 1. The molecule has 0 unspecified atom stereocenters. The quantitative estimate of drug-likeness (QED) is 0.469. The Morgan fingerprint density at radius 2 is 1.66 bits per heavy atom. The summed E-state index contributed by atoms with van der Waals surface area (Å²) >= 11 is 0. The zero-order valence-electron chi connectivity index (χ0n) is 19.5. The van der Waals surface area contributed by atoms with E-state index < -0.39 is 6.04 Å². The number of hydrogen-bond acceptors (Lipinski definition) is 5. The highest BCUT2D eigenvalue weighted by molar-refractivity contribution is 6.05. The summed E-state index contributed by atoms with van der Waals surface area (Å²) in [6, 6.07) is 14.4. The van der Waals surface area contributed by atoms with Gasteiger partial charge in [-0.05, 0) is 55.7 Å². The fourth-order valence-corrected chi connectivity index (χ4v) is 5.75. The smallest absolute Gasteiger partial charge is 0.323 e. The molecule has 3 aromatic rings. The summed E-state index contributed by atoms with van der Waals surface area (Å²) in [5.74, 6) is 1.30. The van der Waals surface area contributed by atoms with Crippen LogP contribution in [-0.2, 0) is 4.79 Å². The maximum absolute atomic E-state index is 13.9. The molecule has 35 heavy (non-hydrogen) atoms. The second-order valence-electron chi connectivity index (χ2n) is 9.65. The zero-order valence-corrected chi connectivity index (χ0v) is 19.5. The first-order valence-electron chi connectivity index (χ1n) is 12.5. The van der Waals surface area contributed by atoms with Gasteiger partial charge in [-0.15, -0.1) is 0 Å². The van der Waals surface area contributed by atoms with Gasteiger partial charge in [0.1, 0.15) is 17.6 Å². The monoisotopic (exact) mass is 471 g/mol. The van der Waals surface area contributed by atoms with Gasteiger partial charge in [0.25, 0.3) is 0 Å². The van der Waals surface area contributed by atoms with Crippen molar-refractivity contribution in [3.05, 3.63) is 83.8 Å². The molecule has 1 aliphatic heterocycles. The lowest BCUT2D eigenvalue weighted by Gasteiger charge is -2.34. The van der Waals surface area contributed by atoms with Gasteiger partial charge in [-0.1, -0.05) is 31.4 Å². The largest absolute Gasteiger partial charge is 0.469 e. The highest BCUT2D eigenvalue weighted by Gasteiger charge is 2.43. The van der Waals surface area contributed by atoms with Crippen LogP contribution in [0.1, 0.15) is 68.4 Å². The molecule has 7 heteroatoms. The van der Waals surface area contributed by atoms with Crippen LogP contribution in [0.2, 0.25) is 0 Å². The molecule has 2 N–H and O–H groups in total. The van der Waals surface area contributed by atoms with Gasteiger partial charge in [-0.3, -0.25) is 9.69 Å². The fraction of sp³-hybridized carbons (Fsp3) is 0.357. The maximum atomic E-state index is 13.9. The summed E-state index contributed by atoms with van der Waals surface area (Å²) < 4.78 is 11.5. The molecule has 0 radical (unpaired) electrons. The van der Waals surface area contributed by atoms with E-state index in [1.807, 2.05) is 42.5 Å². The summed E-state index contributed by atoms with van der Waals surface area (Å²) in [5.41, 5.74) is 2.90. The topological polar surface area (TPSA) is 87.7 Å². The van der Waals surface area contributed by atoms with Crippen molar-refractivity contribution in [3.63, 3.8) is 0 Å². The van der Waals surface area contributed by atoms with E-state index in [9.17, 15) is 9.59 Å². The molecule has 6 rings (SSSR count). The van der Waals surface area contributed by atoms with Crippen molar-refractivity contribution in [1.29, 1.82) is 0 Å². The average molecular weight is 472 g/mol. The maximum Gasteiger partial charge on any atom is 0.323 e. The molecule has 3 heterocycles. The number of carbonyl (C=O) groups is 2. The second-order valence-corrected chi connectivity index (χ2v) is 9.65. The van der Waals surface area contributed by atoms with Crippen LogP contribution in [0.25, 0.3) is 0 Å². The third-order valence-electron chi connectivity index (χ3n) is 7.40.